The highest BCUT2D eigenvalue weighted by Gasteiger charge is 2.50. The number of fused-ring (bicyclic) bond motifs is 1. The van der Waals surface area contributed by atoms with Gasteiger partial charge in [-0.25, -0.2) is 4.98 Å². The largest absolute Gasteiger partial charge is 0.322 e. The lowest BCUT2D eigenvalue weighted by molar-refractivity contribution is -0.0476. The lowest BCUT2D eigenvalue weighted by Crippen LogP contribution is -2.48. The molecule has 4 aliphatic carbocycles. The quantitative estimate of drug-likeness (QED) is 0.919. The highest BCUT2D eigenvalue weighted by molar-refractivity contribution is 7.15. The molecule has 0 amide bonds. The Morgan fingerprint density at radius 3 is 2.50 bits per heavy atom. The average molecular weight is 287 g/mol. The van der Waals surface area contributed by atoms with Crippen LogP contribution in [0.4, 0.5) is 0 Å². The van der Waals surface area contributed by atoms with Crippen molar-refractivity contribution >= 4 is 16.3 Å². The molecule has 6 rings (SSSR count). The van der Waals surface area contributed by atoms with Gasteiger partial charge in [0.15, 0.2) is 4.96 Å². The average Bonchev–Trinajstić information content (AvgIpc) is 2.97. The first-order chi connectivity index (χ1) is 9.78. The number of aromatic nitrogens is 2. The Balaban J connectivity index is 1.48. The van der Waals surface area contributed by atoms with E-state index in [9.17, 15) is 0 Å². The van der Waals surface area contributed by atoms with Gasteiger partial charge in [-0.05, 0) is 61.7 Å². The van der Waals surface area contributed by atoms with Gasteiger partial charge in [0.25, 0.3) is 0 Å². The molecule has 20 heavy (non-hydrogen) atoms. The molecule has 3 nitrogen and oxygen atoms in total. The van der Waals surface area contributed by atoms with E-state index in [-0.39, 0.29) is 6.04 Å². The summed E-state index contributed by atoms with van der Waals surface area (Å²) in [7, 11) is 0. The number of rotatable bonds is 2. The summed E-state index contributed by atoms with van der Waals surface area (Å²) >= 11 is 1.70. The number of nitrogens with zero attached hydrogens (tertiary/aromatic N) is 2. The Kier molecular flexibility index (Phi) is 2.40. The fraction of sp³-hybridized carbons (Fsp3) is 0.688. The molecule has 0 radical (unpaired) electrons. The van der Waals surface area contributed by atoms with E-state index >= 15 is 0 Å². The van der Waals surface area contributed by atoms with Gasteiger partial charge < -0.3 is 5.73 Å². The second kappa shape index (κ2) is 4.08. The normalized spacial score (nSPS) is 40.5. The first-order valence-corrected chi connectivity index (χ1v) is 8.83. The molecule has 4 saturated carbocycles. The van der Waals surface area contributed by atoms with E-state index in [0.29, 0.717) is 5.92 Å². The van der Waals surface area contributed by atoms with Gasteiger partial charge in [0.2, 0.25) is 0 Å². The molecular formula is C16H21N3S. The fourth-order valence-electron chi connectivity index (χ4n) is 5.66. The molecule has 1 atom stereocenters. The summed E-state index contributed by atoms with van der Waals surface area (Å²) in [5, 5.41) is 2.08. The summed E-state index contributed by atoms with van der Waals surface area (Å²) in [6.45, 7) is 0. The van der Waals surface area contributed by atoms with Crippen molar-refractivity contribution in [2.45, 2.75) is 38.1 Å². The number of imidazole rings is 1. The van der Waals surface area contributed by atoms with Crippen molar-refractivity contribution in [3.63, 3.8) is 0 Å². The third-order valence-corrected chi connectivity index (χ3v) is 6.94. The van der Waals surface area contributed by atoms with Crippen molar-refractivity contribution in [2.24, 2.45) is 35.3 Å². The second-order valence-electron chi connectivity index (χ2n) is 7.29. The number of thiazole rings is 1. The molecule has 2 aromatic rings. The zero-order valence-electron chi connectivity index (χ0n) is 11.6. The maximum Gasteiger partial charge on any atom is 0.193 e. The van der Waals surface area contributed by atoms with Crippen molar-refractivity contribution in [1.82, 2.24) is 9.38 Å². The SMILES string of the molecule is NC(c1cn2ccsc2n1)C1C2CC3CC(C2)CC1C3. The molecular weight excluding hydrogens is 266 g/mol. The Labute approximate surface area is 123 Å². The van der Waals surface area contributed by atoms with Crippen LogP contribution in [0.2, 0.25) is 0 Å². The first-order valence-electron chi connectivity index (χ1n) is 7.95. The Morgan fingerprint density at radius 1 is 1.15 bits per heavy atom. The van der Waals surface area contributed by atoms with E-state index < -0.39 is 0 Å². The molecule has 4 bridgehead atoms. The number of nitrogens with two attached hydrogens (primary N) is 1. The van der Waals surface area contributed by atoms with E-state index in [1.165, 1.54) is 32.1 Å². The van der Waals surface area contributed by atoms with E-state index in [0.717, 1.165) is 34.3 Å². The van der Waals surface area contributed by atoms with E-state index in [1.807, 2.05) is 0 Å². The highest BCUT2D eigenvalue weighted by Crippen LogP contribution is 2.58. The molecule has 0 saturated heterocycles. The van der Waals surface area contributed by atoms with Gasteiger partial charge in [-0.3, -0.25) is 4.40 Å². The molecule has 2 N–H and O–H groups in total. The standard InChI is InChI=1S/C16H21N3S/c17-15(13-8-19-1-2-20-16(19)18-13)14-11-4-9-3-10(6-11)7-12(14)5-9/h1-2,8-12,14-15H,3-7,17H2. The van der Waals surface area contributed by atoms with Gasteiger partial charge in [-0.15, -0.1) is 11.3 Å². The molecule has 4 aliphatic rings. The van der Waals surface area contributed by atoms with Crippen LogP contribution in [0, 0.1) is 29.6 Å². The Bertz CT molecular complexity index is 586. The summed E-state index contributed by atoms with van der Waals surface area (Å²) in [6.07, 6.45) is 11.5. The van der Waals surface area contributed by atoms with Gasteiger partial charge in [-0.2, -0.15) is 0 Å². The summed E-state index contributed by atoms with van der Waals surface area (Å²) in [5.41, 5.74) is 7.79. The van der Waals surface area contributed by atoms with Crippen LogP contribution in [0.25, 0.3) is 4.96 Å². The molecule has 4 heteroatoms. The lowest BCUT2D eigenvalue weighted by atomic mass is 9.50. The van der Waals surface area contributed by atoms with Crippen LogP contribution < -0.4 is 5.73 Å². The predicted octanol–water partition coefficient (Wildman–Crippen LogP) is 3.47. The summed E-state index contributed by atoms with van der Waals surface area (Å²) in [5.74, 6) is 4.48. The van der Waals surface area contributed by atoms with Gasteiger partial charge in [0.05, 0.1) is 11.7 Å². The molecule has 0 spiro atoms. The molecule has 1 unspecified atom stereocenters. The maximum atomic E-state index is 6.67. The lowest BCUT2D eigenvalue weighted by Gasteiger charge is -2.55. The summed E-state index contributed by atoms with van der Waals surface area (Å²) < 4.78 is 2.12. The first kappa shape index (κ1) is 11.8. The van der Waals surface area contributed by atoms with E-state index in [4.69, 9.17) is 10.7 Å². The van der Waals surface area contributed by atoms with Gasteiger partial charge in [0, 0.05) is 17.8 Å². The minimum Gasteiger partial charge on any atom is -0.322 e. The van der Waals surface area contributed by atoms with E-state index in [1.54, 1.807) is 11.3 Å². The molecule has 0 aromatic carbocycles. The maximum absolute atomic E-state index is 6.67. The van der Waals surface area contributed by atoms with Gasteiger partial charge in [-0.1, -0.05) is 0 Å². The smallest absolute Gasteiger partial charge is 0.193 e. The molecule has 2 aromatic heterocycles. The molecule has 106 valence electrons. The Morgan fingerprint density at radius 2 is 1.85 bits per heavy atom. The van der Waals surface area contributed by atoms with Crippen LogP contribution in [0.5, 0.6) is 0 Å². The zero-order chi connectivity index (χ0) is 13.3. The van der Waals surface area contributed by atoms with Crippen LogP contribution in [0.15, 0.2) is 17.8 Å². The second-order valence-corrected chi connectivity index (χ2v) is 8.17. The van der Waals surface area contributed by atoms with Crippen molar-refractivity contribution in [3.05, 3.63) is 23.5 Å². The molecule has 4 fully saturated rings. The third-order valence-electron chi connectivity index (χ3n) is 6.17. The van der Waals surface area contributed by atoms with Crippen molar-refractivity contribution in [2.75, 3.05) is 0 Å². The Hall–Kier alpha value is -0.870. The van der Waals surface area contributed by atoms with E-state index in [2.05, 4.69) is 22.2 Å². The van der Waals surface area contributed by atoms with Crippen molar-refractivity contribution in [1.29, 1.82) is 0 Å². The minimum atomic E-state index is 0.150. The monoisotopic (exact) mass is 287 g/mol. The topological polar surface area (TPSA) is 43.3 Å². The highest BCUT2D eigenvalue weighted by atomic mass is 32.1. The zero-order valence-corrected chi connectivity index (χ0v) is 12.4. The fourth-order valence-corrected chi connectivity index (χ4v) is 6.36. The minimum absolute atomic E-state index is 0.150. The molecule has 2 heterocycles. The van der Waals surface area contributed by atoms with Crippen LogP contribution in [0.1, 0.15) is 43.8 Å². The predicted molar refractivity (Wildman–Crippen MR) is 80.5 cm³/mol. The number of hydrogen-bond donors (Lipinski definition) is 1. The van der Waals surface area contributed by atoms with Gasteiger partial charge in [0.1, 0.15) is 0 Å². The van der Waals surface area contributed by atoms with Gasteiger partial charge >= 0.3 is 0 Å². The van der Waals surface area contributed by atoms with Crippen LogP contribution in [0.3, 0.4) is 0 Å². The number of hydrogen-bond acceptors (Lipinski definition) is 3. The summed E-state index contributed by atoms with van der Waals surface area (Å²) in [4.78, 5) is 5.84. The third kappa shape index (κ3) is 1.58. The van der Waals surface area contributed by atoms with Crippen LogP contribution in [-0.4, -0.2) is 9.38 Å². The van der Waals surface area contributed by atoms with Crippen molar-refractivity contribution in [3.8, 4) is 0 Å². The van der Waals surface area contributed by atoms with Crippen LogP contribution >= 0.6 is 11.3 Å². The van der Waals surface area contributed by atoms with Crippen molar-refractivity contribution < 1.29 is 0 Å². The summed E-state index contributed by atoms with van der Waals surface area (Å²) in [6, 6.07) is 0.150. The molecule has 0 aliphatic heterocycles. The van der Waals surface area contributed by atoms with Crippen LogP contribution in [-0.2, 0) is 0 Å².